The molecule has 3 rings (SSSR count). The first kappa shape index (κ1) is 31.4. The molecule has 1 heterocycles. The highest BCUT2D eigenvalue weighted by molar-refractivity contribution is 6.31. The smallest absolute Gasteiger partial charge is 0.150 e. The van der Waals surface area contributed by atoms with Crippen molar-refractivity contribution >= 4 is 29.0 Å². The van der Waals surface area contributed by atoms with Crippen LogP contribution < -0.4 is 5.32 Å². The van der Waals surface area contributed by atoms with Crippen molar-refractivity contribution in [2.24, 2.45) is 5.41 Å². The molecule has 1 fully saturated rings. The molecule has 1 saturated heterocycles. The number of aliphatic hydroxyl groups is 2. The Morgan fingerprint density at radius 1 is 1.18 bits per heavy atom. The third-order valence-corrected chi connectivity index (χ3v) is 8.04. The summed E-state index contributed by atoms with van der Waals surface area (Å²) >= 11 is 12.2. The predicted molar refractivity (Wildman–Crippen MR) is 149 cm³/mol. The van der Waals surface area contributed by atoms with Crippen molar-refractivity contribution in [3.63, 3.8) is 0 Å². The lowest BCUT2D eigenvalue weighted by molar-refractivity contribution is -0.121. The number of ketones is 1. The first-order chi connectivity index (χ1) is 18.0. The van der Waals surface area contributed by atoms with E-state index in [1.165, 1.54) is 38.1 Å². The molecule has 0 amide bonds. The van der Waals surface area contributed by atoms with Gasteiger partial charge in [0.15, 0.2) is 0 Å². The zero-order chi connectivity index (χ0) is 29.3. The molecule has 9 heteroatoms. The normalized spacial score (nSPS) is 24.4. The van der Waals surface area contributed by atoms with Gasteiger partial charge in [-0.15, -0.1) is 0 Å². The number of carbonyl (C=O) groups excluding carboxylic acids is 1. The lowest BCUT2D eigenvalue weighted by Gasteiger charge is -2.37. The van der Waals surface area contributed by atoms with E-state index in [1.54, 1.807) is 6.07 Å². The quantitative estimate of drug-likeness (QED) is 0.316. The first-order valence-corrected chi connectivity index (χ1v) is 13.8. The standard InChI is InChI=1S/C30H36Cl2F2N2O3/c1-28(2,3)15-23-30(16-35,19-13-12-17(31)14-21(19)33)25(18-8-6-9-20(32)26(18)34)27(36-23)22(37)10-7-11-24(38)29(4,5)39/h6,8-9,12-14,23-25,27,36,38-39H,7,10-11,15H2,1-5H3/t23-,24-,25-,27-,30-/m0/s1. The van der Waals surface area contributed by atoms with Crippen LogP contribution in [0.1, 0.15) is 77.3 Å². The predicted octanol–water partition coefficient (Wildman–Crippen LogP) is 6.46. The average molecular weight is 582 g/mol. The van der Waals surface area contributed by atoms with Gasteiger partial charge < -0.3 is 15.5 Å². The second-order valence-corrected chi connectivity index (χ2v) is 13.1. The number of rotatable bonds is 9. The van der Waals surface area contributed by atoms with E-state index in [9.17, 15) is 20.3 Å². The van der Waals surface area contributed by atoms with Gasteiger partial charge in [-0.1, -0.05) is 62.2 Å². The lowest BCUT2D eigenvalue weighted by atomic mass is 9.62. The van der Waals surface area contributed by atoms with Gasteiger partial charge in [0.1, 0.15) is 22.8 Å². The molecular formula is C30H36Cl2F2N2O3. The summed E-state index contributed by atoms with van der Waals surface area (Å²) in [6, 6.07) is 8.97. The number of hydrogen-bond acceptors (Lipinski definition) is 5. The number of halogens is 4. The molecule has 212 valence electrons. The van der Waals surface area contributed by atoms with Gasteiger partial charge in [0.05, 0.1) is 28.8 Å². The van der Waals surface area contributed by atoms with Crippen LogP contribution in [0.5, 0.6) is 0 Å². The molecular weight excluding hydrogens is 545 g/mol. The van der Waals surface area contributed by atoms with Gasteiger partial charge in [-0.05, 0) is 62.3 Å². The molecule has 5 nitrogen and oxygen atoms in total. The van der Waals surface area contributed by atoms with E-state index in [-0.39, 0.29) is 51.6 Å². The molecule has 0 bridgehead atoms. The summed E-state index contributed by atoms with van der Waals surface area (Å²) in [5, 5.41) is 34.4. The Kier molecular flexibility index (Phi) is 9.52. The van der Waals surface area contributed by atoms with Crippen LogP contribution in [-0.2, 0) is 10.2 Å². The Balaban J connectivity index is 2.19. The largest absolute Gasteiger partial charge is 0.390 e. The third-order valence-electron chi connectivity index (χ3n) is 7.51. The fourth-order valence-electron chi connectivity index (χ4n) is 5.59. The van der Waals surface area contributed by atoms with Gasteiger partial charge in [0, 0.05) is 29.0 Å². The Bertz CT molecular complexity index is 1250. The molecule has 3 N–H and O–H groups in total. The number of carbonyl (C=O) groups is 1. The molecule has 2 aromatic rings. The van der Waals surface area contributed by atoms with Gasteiger partial charge in [-0.3, -0.25) is 4.79 Å². The minimum Gasteiger partial charge on any atom is -0.390 e. The van der Waals surface area contributed by atoms with Crippen molar-refractivity contribution in [3.8, 4) is 6.07 Å². The van der Waals surface area contributed by atoms with E-state index in [0.717, 1.165) is 6.07 Å². The number of benzene rings is 2. The minimum atomic E-state index is -1.68. The number of nitrogens with one attached hydrogen (secondary N) is 1. The molecule has 0 aliphatic carbocycles. The van der Waals surface area contributed by atoms with E-state index in [0.29, 0.717) is 6.42 Å². The van der Waals surface area contributed by atoms with Gasteiger partial charge in [-0.25, -0.2) is 8.78 Å². The maximum Gasteiger partial charge on any atom is 0.150 e. The summed E-state index contributed by atoms with van der Waals surface area (Å²) in [6.45, 7) is 8.87. The molecule has 5 atom stereocenters. The van der Waals surface area contributed by atoms with Crippen LogP contribution >= 0.6 is 23.2 Å². The van der Waals surface area contributed by atoms with Crippen molar-refractivity contribution in [1.82, 2.24) is 5.32 Å². The van der Waals surface area contributed by atoms with Gasteiger partial charge in [0.2, 0.25) is 0 Å². The molecule has 0 saturated carbocycles. The number of hydrogen-bond donors (Lipinski definition) is 3. The summed E-state index contributed by atoms with van der Waals surface area (Å²) in [5.41, 5.74) is -3.29. The van der Waals surface area contributed by atoms with Crippen LogP contribution in [0.4, 0.5) is 8.78 Å². The highest BCUT2D eigenvalue weighted by Gasteiger charge is 2.60. The number of Topliss-reactive ketones (excluding diaryl/α,β-unsaturated/α-hetero) is 1. The first-order valence-electron chi connectivity index (χ1n) is 13.0. The Hall–Kier alpha value is -2.08. The Labute approximate surface area is 239 Å². The lowest BCUT2D eigenvalue weighted by Crippen LogP contribution is -2.44. The summed E-state index contributed by atoms with van der Waals surface area (Å²) in [5.74, 6) is -2.92. The summed E-state index contributed by atoms with van der Waals surface area (Å²) in [7, 11) is 0. The van der Waals surface area contributed by atoms with E-state index < -0.39 is 46.8 Å². The molecule has 2 aromatic carbocycles. The van der Waals surface area contributed by atoms with Crippen LogP contribution in [-0.4, -0.2) is 39.8 Å². The second-order valence-electron chi connectivity index (χ2n) is 12.2. The SMILES string of the molecule is CC(C)(C)C[C@@H]1N[C@@H](C(=O)CCC[C@H](O)C(C)(C)O)[C@H](c2cccc(Cl)c2F)[C@@]1(C#N)c1ccc(Cl)cc1F. The van der Waals surface area contributed by atoms with Gasteiger partial charge in [0.25, 0.3) is 0 Å². The monoisotopic (exact) mass is 580 g/mol. The van der Waals surface area contributed by atoms with Crippen LogP contribution in [0.2, 0.25) is 10.0 Å². The molecule has 0 spiro atoms. The molecule has 0 aromatic heterocycles. The van der Waals surface area contributed by atoms with Gasteiger partial charge >= 0.3 is 0 Å². The second kappa shape index (κ2) is 11.8. The Morgan fingerprint density at radius 2 is 1.85 bits per heavy atom. The number of nitrogens with zero attached hydrogens (tertiary/aromatic N) is 1. The third kappa shape index (κ3) is 6.64. The van der Waals surface area contributed by atoms with Crippen molar-refractivity contribution in [3.05, 3.63) is 69.2 Å². The van der Waals surface area contributed by atoms with Crippen molar-refractivity contribution in [2.75, 3.05) is 0 Å². The van der Waals surface area contributed by atoms with E-state index in [4.69, 9.17) is 23.2 Å². The van der Waals surface area contributed by atoms with Crippen molar-refractivity contribution in [2.45, 2.75) is 95.4 Å². The van der Waals surface area contributed by atoms with Crippen molar-refractivity contribution in [1.29, 1.82) is 5.26 Å². The Morgan fingerprint density at radius 3 is 2.41 bits per heavy atom. The fraction of sp³-hybridized carbons (Fsp3) is 0.533. The van der Waals surface area contributed by atoms with Gasteiger partial charge in [-0.2, -0.15) is 5.26 Å². The zero-order valence-corrected chi connectivity index (χ0v) is 24.4. The maximum atomic E-state index is 15.6. The maximum absolute atomic E-state index is 15.6. The molecule has 1 aliphatic rings. The molecule has 0 radical (unpaired) electrons. The summed E-state index contributed by atoms with van der Waals surface area (Å²) in [4.78, 5) is 13.8. The van der Waals surface area contributed by atoms with E-state index >= 15 is 8.78 Å². The molecule has 0 unspecified atom stereocenters. The van der Waals surface area contributed by atoms with Crippen LogP contribution in [0.3, 0.4) is 0 Å². The topological polar surface area (TPSA) is 93.3 Å². The van der Waals surface area contributed by atoms with E-state index in [2.05, 4.69) is 11.4 Å². The minimum absolute atomic E-state index is 0.00363. The zero-order valence-electron chi connectivity index (χ0n) is 22.9. The number of aliphatic hydroxyl groups excluding tert-OH is 1. The highest BCUT2D eigenvalue weighted by atomic mass is 35.5. The molecule has 39 heavy (non-hydrogen) atoms. The highest BCUT2D eigenvalue weighted by Crippen LogP contribution is 2.53. The van der Waals surface area contributed by atoms with E-state index in [1.807, 2.05) is 20.8 Å². The van der Waals surface area contributed by atoms with Crippen LogP contribution in [0.25, 0.3) is 0 Å². The summed E-state index contributed by atoms with van der Waals surface area (Å²) < 4.78 is 31.3. The van der Waals surface area contributed by atoms with Crippen LogP contribution in [0.15, 0.2) is 36.4 Å². The molecule has 1 aliphatic heterocycles. The summed E-state index contributed by atoms with van der Waals surface area (Å²) in [6.07, 6.45) is -0.249. The fourth-order valence-corrected chi connectivity index (χ4v) is 5.93. The average Bonchev–Trinajstić information content (AvgIpc) is 3.13. The number of nitriles is 1. The van der Waals surface area contributed by atoms with Crippen LogP contribution in [0, 0.1) is 28.4 Å². The van der Waals surface area contributed by atoms with Crippen molar-refractivity contribution < 1.29 is 23.8 Å².